The first-order chi connectivity index (χ1) is 9.70. The largest absolute Gasteiger partial charge is 0.335 e. The predicted octanol–water partition coefficient (Wildman–Crippen LogP) is 1.57. The van der Waals surface area contributed by atoms with Crippen LogP contribution in [0.15, 0.2) is 12.4 Å². The topological polar surface area (TPSA) is 50.2 Å². The highest BCUT2D eigenvalue weighted by molar-refractivity contribution is 5.89. The Kier molecular flexibility index (Phi) is 2.67. The number of hydrogen-bond acceptors (Lipinski definition) is 3. The zero-order valence-corrected chi connectivity index (χ0v) is 12.0. The Balaban J connectivity index is 1.68. The minimum atomic E-state index is -0.300. The van der Waals surface area contributed by atoms with Gasteiger partial charge in [0.25, 0.3) is 0 Å². The number of aromatic nitrogens is 2. The normalized spacial score (nSPS) is 28.8. The second-order valence-electron chi connectivity index (χ2n) is 6.63. The summed E-state index contributed by atoms with van der Waals surface area (Å²) in [7, 11) is 2.00. The zero-order chi connectivity index (χ0) is 13.7. The van der Waals surface area contributed by atoms with Gasteiger partial charge in [-0.25, -0.2) is 4.98 Å². The van der Waals surface area contributed by atoms with Gasteiger partial charge in [-0.1, -0.05) is 12.8 Å². The number of rotatable bonds is 3. The first kappa shape index (κ1) is 12.4. The maximum Gasteiger partial charge on any atom is 0.244 e. The molecule has 1 aromatic rings. The molecule has 1 unspecified atom stereocenters. The highest BCUT2D eigenvalue weighted by Gasteiger charge is 2.54. The lowest BCUT2D eigenvalue weighted by atomic mass is 9.98. The quantitative estimate of drug-likeness (QED) is 0.910. The number of nitrogens with zero attached hydrogens (tertiary/aromatic N) is 3. The molecule has 1 N–H and O–H groups in total. The molecular formula is C15H22N4O. The van der Waals surface area contributed by atoms with E-state index in [1.54, 1.807) is 0 Å². The van der Waals surface area contributed by atoms with E-state index in [0.29, 0.717) is 11.8 Å². The van der Waals surface area contributed by atoms with Gasteiger partial charge in [0.05, 0.1) is 5.54 Å². The van der Waals surface area contributed by atoms with Crippen molar-refractivity contribution in [3.8, 4) is 0 Å². The molecule has 2 saturated carbocycles. The van der Waals surface area contributed by atoms with Gasteiger partial charge in [-0.3, -0.25) is 10.1 Å². The van der Waals surface area contributed by atoms with Crippen molar-refractivity contribution in [3.05, 3.63) is 18.2 Å². The van der Waals surface area contributed by atoms with E-state index in [1.807, 2.05) is 24.0 Å². The molecule has 1 aliphatic heterocycles. The number of imidazole rings is 1. The van der Waals surface area contributed by atoms with Crippen molar-refractivity contribution in [3.63, 3.8) is 0 Å². The fraction of sp³-hybridized carbons (Fsp3) is 0.733. The number of hydrogen-bond donors (Lipinski definition) is 1. The van der Waals surface area contributed by atoms with Crippen LogP contribution in [0.4, 0.5) is 0 Å². The predicted molar refractivity (Wildman–Crippen MR) is 74.7 cm³/mol. The summed E-state index contributed by atoms with van der Waals surface area (Å²) in [4.78, 5) is 19.5. The summed E-state index contributed by atoms with van der Waals surface area (Å²) in [6.07, 6.45) is 10.5. The molecule has 0 bridgehead atoms. The Bertz CT molecular complexity index is 528. The minimum absolute atomic E-state index is 0.0406. The van der Waals surface area contributed by atoms with Crippen molar-refractivity contribution < 1.29 is 4.79 Å². The van der Waals surface area contributed by atoms with E-state index in [4.69, 9.17) is 0 Å². The number of carbonyl (C=O) groups is 1. The van der Waals surface area contributed by atoms with Crippen molar-refractivity contribution in [2.75, 3.05) is 6.54 Å². The SMILES string of the molecule is Cn1ccnc1C1NC2(CCCC2)C(=O)N1CC1CC1. The fourth-order valence-electron chi connectivity index (χ4n) is 3.74. The summed E-state index contributed by atoms with van der Waals surface area (Å²) in [5.41, 5.74) is -0.300. The van der Waals surface area contributed by atoms with Gasteiger partial charge in [0, 0.05) is 26.0 Å². The third-order valence-electron chi connectivity index (χ3n) is 5.11. The van der Waals surface area contributed by atoms with Crippen molar-refractivity contribution in [2.24, 2.45) is 13.0 Å². The van der Waals surface area contributed by atoms with Crippen LogP contribution in [0.25, 0.3) is 0 Å². The molecule has 1 spiro atoms. The van der Waals surface area contributed by atoms with Crippen molar-refractivity contribution >= 4 is 5.91 Å². The summed E-state index contributed by atoms with van der Waals surface area (Å²) >= 11 is 0. The van der Waals surface area contributed by atoms with E-state index >= 15 is 0 Å². The van der Waals surface area contributed by atoms with Gasteiger partial charge in [-0.2, -0.15) is 0 Å². The Morgan fingerprint density at radius 1 is 1.40 bits per heavy atom. The molecule has 5 heteroatoms. The molecule has 1 saturated heterocycles. The van der Waals surface area contributed by atoms with Gasteiger partial charge in [-0.05, 0) is 31.6 Å². The smallest absolute Gasteiger partial charge is 0.244 e. The molecular weight excluding hydrogens is 252 g/mol. The molecule has 108 valence electrons. The van der Waals surface area contributed by atoms with Crippen molar-refractivity contribution in [1.82, 2.24) is 19.8 Å². The fourth-order valence-corrected chi connectivity index (χ4v) is 3.74. The lowest BCUT2D eigenvalue weighted by Gasteiger charge is -2.23. The van der Waals surface area contributed by atoms with Crippen LogP contribution >= 0.6 is 0 Å². The number of nitrogens with one attached hydrogen (secondary N) is 1. The highest BCUT2D eigenvalue weighted by atomic mass is 16.2. The lowest BCUT2D eigenvalue weighted by molar-refractivity contribution is -0.133. The van der Waals surface area contributed by atoms with Crippen LogP contribution in [0.1, 0.15) is 50.5 Å². The standard InChI is InChI=1S/C15H22N4O/c1-18-9-8-16-12(18)13-17-15(6-2-3-7-15)14(20)19(13)10-11-4-5-11/h8-9,11,13,17H,2-7,10H2,1H3. The van der Waals surface area contributed by atoms with Gasteiger partial charge in [0.2, 0.25) is 5.91 Å². The summed E-state index contributed by atoms with van der Waals surface area (Å²) in [5, 5.41) is 3.64. The number of carbonyl (C=O) groups excluding carboxylic acids is 1. The van der Waals surface area contributed by atoms with Crippen LogP contribution in [-0.2, 0) is 11.8 Å². The Morgan fingerprint density at radius 3 is 2.75 bits per heavy atom. The Morgan fingerprint density at radius 2 is 2.15 bits per heavy atom. The molecule has 1 amide bonds. The van der Waals surface area contributed by atoms with Crippen LogP contribution in [0.3, 0.4) is 0 Å². The van der Waals surface area contributed by atoms with Crippen molar-refractivity contribution in [1.29, 1.82) is 0 Å². The van der Waals surface area contributed by atoms with Crippen LogP contribution in [-0.4, -0.2) is 32.4 Å². The van der Waals surface area contributed by atoms with E-state index in [-0.39, 0.29) is 11.7 Å². The highest BCUT2D eigenvalue weighted by Crippen LogP contribution is 2.42. The van der Waals surface area contributed by atoms with E-state index in [2.05, 4.69) is 15.2 Å². The Labute approximate surface area is 119 Å². The maximum atomic E-state index is 12.9. The number of amides is 1. The van der Waals surface area contributed by atoms with E-state index in [0.717, 1.165) is 38.1 Å². The third-order valence-corrected chi connectivity index (χ3v) is 5.11. The second-order valence-corrected chi connectivity index (χ2v) is 6.63. The first-order valence-electron chi connectivity index (χ1n) is 7.76. The summed E-state index contributed by atoms with van der Waals surface area (Å²) in [6, 6.07) is 0. The van der Waals surface area contributed by atoms with Crippen LogP contribution in [0, 0.1) is 5.92 Å². The maximum absolute atomic E-state index is 12.9. The molecule has 5 nitrogen and oxygen atoms in total. The van der Waals surface area contributed by atoms with Gasteiger partial charge >= 0.3 is 0 Å². The zero-order valence-electron chi connectivity index (χ0n) is 12.0. The molecule has 1 aromatic heterocycles. The van der Waals surface area contributed by atoms with Crippen LogP contribution in [0.5, 0.6) is 0 Å². The van der Waals surface area contributed by atoms with Gasteiger partial charge in [-0.15, -0.1) is 0 Å². The second kappa shape index (κ2) is 4.32. The number of aryl methyl sites for hydroxylation is 1. The summed E-state index contributed by atoms with van der Waals surface area (Å²) in [5.74, 6) is 1.98. The molecule has 2 aliphatic carbocycles. The van der Waals surface area contributed by atoms with Crippen LogP contribution < -0.4 is 5.32 Å². The molecule has 3 fully saturated rings. The molecule has 0 aromatic carbocycles. The van der Waals surface area contributed by atoms with Gasteiger partial charge in [0.1, 0.15) is 12.0 Å². The molecule has 4 rings (SSSR count). The first-order valence-corrected chi connectivity index (χ1v) is 7.76. The summed E-state index contributed by atoms with van der Waals surface area (Å²) in [6.45, 7) is 0.894. The minimum Gasteiger partial charge on any atom is -0.335 e. The molecule has 2 heterocycles. The van der Waals surface area contributed by atoms with E-state index in [9.17, 15) is 4.79 Å². The average molecular weight is 274 g/mol. The molecule has 1 atom stereocenters. The molecule has 0 radical (unpaired) electrons. The molecule has 3 aliphatic rings. The monoisotopic (exact) mass is 274 g/mol. The van der Waals surface area contributed by atoms with Crippen molar-refractivity contribution in [2.45, 2.75) is 50.2 Å². The van der Waals surface area contributed by atoms with E-state index < -0.39 is 0 Å². The van der Waals surface area contributed by atoms with E-state index in [1.165, 1.54) is 12.8 Å². The lowest BCUT2D eigenvalue weighted by Crippen LogP contribution is -2.44. The average Bonchev–Trinajstić information content (AvgIpc) is 2.85. The van der Waals surface area contributed by atoms with Gasteiger partial charge < -0.3 is 9.47 Å². The Hall–Kier alpha value is -1.36. The van der Waals surface area contributed by atoms with Gasteiger partial charge in [0.15, 0.2) is 0 Å². The third kappa shape index (κ3) is 1.79. The summed E-state index contributed by atoms with van der Waals surface area (Å²) < 4.78 is 2.03. The van der Waals surface area contributed by atoms with Crippen LogP contribution in [0.2, 0.25) is 0 Å². The molecule has 20 heavy (non-hydrogen) atoms.